The summed E-state index contributed by atoms with van der Waals surface area (Å²) in [7, 11) is 0. The molecule has 0 unspecified atom stereocenters. The quantitative estimate of drug-likeness (QED) is 0.871. The molecule has 106 valence electrons. The van der Waals surface area contributed by atoms with E-state index in [1.807, 2.05) is 43.3 Å². The highest BCUT2D eigenvalue weighted by molar-refractivity contribution is 5.36. The largest absolute Gasteiger partial charge is 0.494 e. The highest BCUT2D eigenvalue weighted by Gasteiger charge is 2.09. The van der Waals surface area contributed by atoms with Crippen molar-refractivity contribution in [2.45, 2.75) is 26.3 Å². The minimum atomic E-state index is -0.120. The van der Waals surface area contributed by atoms with Crippen molar-refractivity contribution in [2.24, 2.45) is 5.73 Å². The summed E-state index contributed by atoms with van der Waals surface area (Å²) in [5, 5.41) is 0. The van der Waals surface area contributed by atoms with E-state index < -0.39 is 0 Å². The molecular weight excluding hydrogens is 252 g/mol. The maximum Gasteiger partial charge on any atom is 0.223 e. The Kier molecular flexibility index (Phi) is 4.96. The summed E-state index contributed by atoms with van der Waals surface area (Å²) in [6.45, 7) is 4.70. The molecule has 2 rings (SSSR count). The van der Waals surface area contributed by atoms with Gasteiger partial charge in [0.2, 0.25) is 5.88 Å². The van der Waals surface area contributed by atoms with Gasteiger partial charge in [-0.25, -0.2) is 4.98 Å². The van der Waals surface area contributed by atoms with Gasteiger partial charge in [0.05, 0.1) is 6.61 Å². The van der Waals surface area contributed by atoms with Crippen LogP contribution in [0.25, 0.3) is 0 Å². The van der Waals surface area contributed by atoms with Gasteiger partial charge in [-0.3, -0.25) is 0 Å². The molecule has 1 aromatic heterocycles. The Hall–Kier alpha value is -2.07. The average Bonchev–Trinajstić information content (AvgIpc) is 2.47. The van der Waals surface area contributed by atoms with Crippen LogP contribution in [0.2, 0.25) is 0 Å². The van der Waals surface area contributed by atoms with Crippen LogP contribution in [0, 0.1) is 0 Å². The lowest BCUT2D eigenvalue weighted by atomic mass is 10.1. The number of nitrogens with two attached hydrogens (primary N) is 1. The van der Waals surface area contributed by atoms with Gasteiger partial charge in [-0.15, -0.1) is 0 Å². The predicted octanol–water partition coefficient (Wildman–Crippen LogP) is 3.68. The molecule has 0 bridgehead atoms. The Morgan fingerprint density at radius 3 is 2.50 bits per heavy atom. The van der Waals surface area contributed by atoms with Gasteiger partial charge >= 0.3 is 0 Å². The Balaban J connectivity index is 2.10. The molecule has 2 aromatic rings. The lowest BCUT2D eigenvalue weighted by Crippen LogP contribution is -2.07. The molecule has 0 saturated heterocycles. The summed E-state index contributed by atoms with van der Waals surface area (Å²) in [6, 6.07) is 11.2. The van der Waals surface area contributed by atoms with Gasteiger partial charge in [0.1, 0.15) is 11.5 Å². The van der Waals surface area contributed by atoms with Crippen molar-refractivity contribution in [3.05, 3.63) is 48.2 Å². The van der Waals surface area contributed by atoms with Crippen LogP contribution in [0.3, 0.4) is 0 Å². The molecule has 2 N–H and O–H groups in total. The second-order valence-corrected chi connectivity index (χ2v) is 4.61. The fourth-order valence-electron chi connectivity index (χ4n) is 1.77. The molecule has 0 aliphatic heterocycles. The van der Waals surface area contributed by atoms with E-state index >= 15 is 0 Å². The second kappa shape index (κ2) is 6.91. The highest BCUT2D eigenvalue weighted by atomic mass is 16.5. The van der Waals surface area contributed by atoms with Crippen molar-refractivity contribution in [3.8, 4) is 17.4 Å². The Morgan fingerprint density at radius 1 is 1.15 bits per heavy atom. The fraction of sp³-hybridized carbons (Fsp3) is 0.312. The van der Waals surface area contributed by atoms with Crippen LogP contribution in [0.5, 0.6) is 17.4 Å². The van der Waals surface area contributed by atoms with Crippen LogP contribution in [-0.4, -0.2) is 11.6 Å². The van der Waals surface area contributed by atoms with E-state index in [1.54, 1.807) is 6.20 Å². The maximum absolute atomic E-state index is 5.91. The number of aromatic nitrogens is 1. The molecule has 1 atom stereocenters. The Bertz CT molecular complexity index is 538. The predicted molar refractivity (Wildman–Crippen MR) is 79.1 cm³/mol. The van der Waals surface area contributed by atoms with E-state index in [9.17, 15) is 0 Å². The third kappa shape index (κ3) is 3.71. The third-order valence-electron chi connectivity index (χ3n) is 2.80. The first-order chi connectivity index (χ1) is 9.70. The monoisotopic (exact) mass is 272 g/mol. The summed E-state index contributed by atoms with van der Waals surface area (Å²) in [5.74, 6) is 2.10. The number of pyridine rings is 1. The van der Waals surface area contributed by atoms with Gasteiger partial charge in [0, 0.05) is 17.8 Å². The van der Waals surface area contributed by atoms with Crippen LogP contribution in [0.1, 0.15) is 31.9 Å². The van der Waals surface area contributed by atoms with Gasteiger partial charge in [-0.2, -0.15) is 0 Å². The molecule has 20 heavy (non-hydrogen) atoms. The van der Waals surface area contributed by atoms with Crippen molar-refractivity contribution < 1.29 is 9.47 Å². The van der Waals surface area contributed by atoms with Gasteiger partial charge < -0.3 is 15.2 Å². The van der Waals surface area contributed by atoms with E-state index in [2.05, 4.69) is 11.9 Å². The number of ether oxygens (including phenoxy) is 2. The minimum Gasteiger partial charge on any atom is -0.494 e. The van der Waals surface area contributed by atoms with E-state index in [1.165, 1.54) is 0 Å². The second-order valence-electron chi connectivity index (χ2n) is 4.61. The molecular formula is C16H20N2O2. The third-order valence-corrected chi connectivity index (χ3v) is 2.80. The SMILES string of the molecule is CCCOc1ccc(Oc2ncccc2[C@H](C)N)cc1. The molecule has 1 aromatic carbocycles. The molecule has 0 radical (unpaired) electrons. The molecule has 1 heterocycles. The first-order valence-electron chi connectivity index (χ1n) is 6.82. The zero-order chi connectivity index (χ0) is 14.4. The summed E-state index contributed by atoms with van der Waals surface area (Å²) < 4.78 is 11.3. The standard InChI is InChI=1S/C16H20N2O2/c1-3-11-19-13-6-8-14(9-7-13)20-16-15(12(2)17)5-4-10-18-16/h4-10,12H,3,11,17H2,1-2H3/t12-/m0/s1. The lowest BCUT2D eigenvalue weighted by molar-refractivity contribution is 0.317. The van der Waals surface area contributed by atoms with E-state index in [4.69, 9.17) is 15.2 Å². The van der Waals surface area contributed by atoms with Crippen LogP contribution >= 0.6 is 0 Å². The molecule has 0 saturated carbocycles. The molecule has 0 fully saturated rings. The number of benzene rings is 1. The first-order valence-corrected chi connectivity index (χ1v) is 6.82. The molecule has 4 nitrogen and oxygen atoms in total. The lowest BCUT2D eigenvalue weighted by Gasteiger charge is -2.12. The van der Waals surface area contributed by atoms with E-state index in [0.29, 0.717) is 5.88 Å². The van der Waals surface area contributed by atoms with E-state index in [-0.39, 0.29) is 6.04 Å². The summed E-state index contributed by atoms with van der Waals surface area (Å²) in [5.41, 5.74) is 6.79. The van der Waals surface area contributed by atoms with Crippen LogP contribution in [0.4, 0.5) is 0 Å². The topological polar surface area (TPSA) is 57.4 Å². The molecule has 0 amide bonds. The highest BCUT2D eigenvalue weighted by Crippen LogP contribution is 2.27. The Labute approximate surface area is 119 Å². The van der Waals surface area contributed by atoms with Crippen molar-refractivity contribution >= 4 is 0 Å². The average molecular weight is 272 g/mol. The fourth-order valence-corrected chi connectivity index (χ4v) is 1.77. The van der Waals surface area contributed by atoms with Crippen molar-refractivity contribution in [3.63, 3.8) is 0 Å². The first kappa shape index (κ1) is 14.3. The van der Waals surface area contributed by atoms with Crippen molar-refractivity contribution in [1.82, 2.24) is 4.98 Å². The van der Waals surface area contributed by atoms with E-state index in [0.717, 1.165) is 30.1 Å². The van der Waals surface area contributed by atoms with Crippen LogP contribution < -0.4 is 15.2 Å². The van der Waals surface area contributed by atoms with Crippen LogP contribution in [0.15, 0.2) is 42.6 Å². The molecule has 4 heteroatoms. The molecule has 0 aliphatic rings. The van der Waals surface area contributed by atoms with Gasteiger partial charge in [-0.05, 0) is 43.7 Å². The van der Waals surface area contributed by atoms with Crippen molar-refractivity contribution in [2.75, 3.05) is 6.61 Å². The minimum absolute atomic E-state index is 0.120. The zero-order valence-electron chi connectivity index (χ0n) is 11.9. The number of hydrogen-bond donors (Lipinski definition) is 1. The van der Waals surface area contributed by atoms with Crippen LogP contribution in [-0.2, 0) is 0 Å². The summed E-state index contributed by atoms with van der Waals surface area (Å²) in [4.78, 5) is 4.23. The summed E-state index contributed by atoms with van der Waals surface area (Å²) >= 11 is 0. The summed E-state index contributed by atoms with van der Waals surface area (Å²) in [6.07, 6.45) is 2.68. The van der Waals surface area contributed by atoms with Crippen molar-refractivity contribution in [1.29, 1.82) is 0 Å². The Morgan fingerprint density at radius 2 is 1.85 bits per heavy atom. The number of hydrogen-bond acceptors (Lipinski definition) is 4. The van der Waals surface area contributed by atoms with Gasteiger partial charge in [0.25, 0.3) is 0 Å². The normalized spacial score (nSPS) is 11.9. The number of rotatable bonds is 6. The zero-order valence-corrected chi connectivity index (χ0v) is 11.9. The number of nitrogens with zero attached hydrogens (tertiary/aromatic N) is 1. The molecule has 0 aliphatic carbocycles. The van der Waals surface area contributed by atoms with Gasteiger partial charge in [-0.1, -0.05) is 13.0 Å². The molecule has 0 spiro atoms. The van der Waals surface area contributed by atoms with Gasteiger partial charge in [0.15, 0.2) is 0 Å². The smallest absolute Gasteiger partial charge is 0.223 e. The maximum atomic E-state index is 5.91.